The van der Waals surface area contributed by atoms with E-state index < -0.39 is 0 Å². The average Bonchev–Trinajstić information content (AvgIpc) is 2.62. The first-order valence-electron chi connectivity index (χ1n) is 10.3. The van der Waals surface area contributed by atoms with Gasteiger partial charge in [-0.3, -0.25) is 4.79 Å². The first-order chi connectivity index (χ1) is 13.0. The molecule has 0 unspecified atom stereocenters. The Bertz CT molecular complexity index is 707. The first kappa shape index (κ1) is 18.3. The molecule has 0 saturated heterocycles. The van der Waals surface area contributed by atoms with Gasteiger partial charge < -0.3 is 14.8 Å². The number of esters is 1. The summed E-state index contributed by atoms with van der Waals surface area (Å²) in [5, 5.41) is 3.13. The molecule has 5 nitrogen and oxygen atoms in total. The van der Waals surface area contributed by atoms with Crippen LogP contribution in [0.1, 0.15) is 62.7 Å². The Kier molecular flexibility index (Phi) is 4.87. The molecule has 5 heteroatoms. The summed E-state index contributed by atoms with van der Waals surface area (Å²) in [6, 6.07) is 5.11. The number of hydrogen-bond donors (Lipinski definition) is 1. The molecule has 0 radical (unpaired) electrons. The Morgan fingerprint density at radius 2 is 1.67 bits per heavy atom. The Hall–Kier alpha value is -2.04. The zero-order chi connectivity index (χ0) is 19.0. The molecule has 0 heterocycles. The fourth-order valence-electron chi connectivity index (χ4n) is 5.89. The van der Waals surface area contributed by atoms with Gasteiger partial charge in [-0.1, -0.05) is 0 Å². The van der Waals surface area contributed by atoms with Crippen molar-refractivity contribution in [2.45, 2.75) is 52.4 Å². The van der Waals surface area contributed by atoms with Crippen LogP contribution >= 0.6 is 0 Å². The van der Waals surface area contributed by atoms with Gasteiger partial charge in [-0.25, -0.2) is 4.79 Å². The van der Waals surface area contributed by atoms with Crippen LogP contribution in [0.4, 0.5) is 5.69 Å². The molecule has 4 aliphatic rings. The van der Waals surface area contributed by atoms with Crippen LogP contribution in [-0.2, 0) is 9.53 Å². The average molecular weight is 371 g/mol. The molecule has 1 amide bonds. The number of rotatable bonds is 6. The van der Waals surface area contributed by atoms with Gasteiger partial charge in [-0.15, -0.1) is 0 Å². The summed E-state index contributed by atoms with van der Waals surface area (Å²) in [6.07, 6.45) is 7.00. The van der Waals surface area contributed by atoms with E-state index in [1.165, 1.54) is 19.3 Å². The number of amides is 1. The topological polar surface area (TPSA) is 64.6 Å². The summed E-state index contributed by atoms with van der Waals surface area (Å²) in [4.78, 5) is 25.3. The van der Waals surface area contributed by atoms with Gasteiger partial charge in [0.05, 0.1) is 29.9 Å². The first-order valence-corrected chi connectivity index (χ1v) is 10.3. The molecule has 0 spiro atoms. The van der Waals surface area contributed by atoms with E-state index in [1.54, 1.807) is 25.1 Å². The number of hydrogen-bond acceptors (Lipinski definition) is 4. The second kappa shape index (κ2) is 7.17. The summed E-state index contributed by atoms with van der Waals surface area (Å²) in [5.74, 6) is 2.45. The molecule has 0 aliphatic heterocycles. The van der Waals surface area contributed by atoms with Crippen LogP contribution in [-0.4, -0.2) is 25.1 Å². The normalized spacial score (nSPS) is 30.8. The Balaban J connectivity index is 1.55. The molecule has 146 valence electrons. The van der Waals surface area contributed by atoms with Crippen molar-refractivity contribution in [3.8, 4) is 5.75 Å². The van der Waals surface area contributed by atoms with Gasteiger partial charge in [0.2, 0.25) is 5.91 Å². The number of carbonyl (C=O) groups is 2. The monoisotopic (exact) mass is 371 g/mol. The Morgan fingerprint density at radius 3 is 2.22 bits per heavy atom. The summed E-state index contributed by atoms with van der Waals surface area (Å²) >= 11 is 0. The lowest BCUT2D eigenvalue weighted by molar-refractivity contribution is -0.140. The number of benzene rings is 1. The maximum absolute atomic E-state index is 13.3. The van der Waals surface area contributed by atoms with Gasteiger partial charge in [0.25, 0.3) is 0 Å². The summed E-state index contributed by atoms with van der Waals surface area (Å²) in [7, 11) is 0. The summed E-state index contributed by atoms with van der Waals surface area (Å²) in [6.45, 7) is 4.46. The van der Waals surface area contributed by atoms with Crippen molar-refractivity contribution in [2.75, 3.05) is 18.5 Å². The highest BCUT2D eigenvalue weighted by atomic mass is 16.5. The van der Waals surface area contributed by atoms with Crippen molar-refractivity contribution in [3.63, 3.8) is 0 Å². The van der Waals surface area contributed by atoms with Gasteiger partial charge in [0.1, 0.15) is 5.75 Å². The molecular weight excluding hydrogens is 342 g/mol. The van der Waals surface area contributed by atoms with Crippen LogP contribution in [0.25, 0.3) is 0 Å². The lowest BCUT2D eigenvalue weighted by Crippen LogP contribution is -2.51. The second-order valence-electron chi connectivity index (χ2n) is 8.52. The van der Waals surface area contributed by atoms with Gasteiger partial charge in [-0.05, 0) is 88.3 Å². The third kappa shape index (κ3) is 3.44. The molecule has 4 aliphatic carbocycles. The molecule has 5 rings (SSSR count). The third-order valence-corrected chi connectivity index (χ3v) is 6.56. The van der Waals surface area contributed by atoms with Crippen LogP contribution in [0.3, 0.4) is 0 Å². The van der Waals surface area contributed by atoms with Crippen LogP contribution in [0, 0.1) is 23.2 Å². The molecule has 1 N–H and O–H groups in total. The van der Waals surface area contributed by atoms with Crippen LogP contribution in [0.15, 0.2) is 18.2 Å². The van der Waals surface area contributed by atoms with Gasteiger partial charge in [0, 0.05) is 0 Å². The predicted octanol–water partition coefficient (Wildman–Crippen LogP) is 4.42. The minimum atomic E-state index is -0.377. The fourth-order valence-corrected chi connectivity index (χ4v) is 5.89. The van der Waals surface area contributed by atoms with E-state index in [0.29, 0.717) is 30.2 Å². The molecule has 4 saturated carbocycles. The maximum atomic E-state index is 13.3. The lowest BCUT2D eigenvalue weighted by atomic mass is 9.49. The van der Waals surface area contributed by atoms with E-state index in [1.807, 2.05) is 6.92 Å². The Labute approximate surface area is 160 Å². The van der Waals surface area contributed by atoms with E-state index in [4.69, 9.17) is 9.47 Å². The van der Waals surface area contributed by atoms with E-state index in [-0.39, 0.29) is 17.3 Å². The predicted molar refractivity (Wildman–Crippen MR) is 103 cm³/mol. The largest absolute Gasteiger partial charge is 0.492 e. The smallest absolute Gasteiger partial charge is 0.338 e. The van der Waals surface area contributed by atoms with Crippen LogP contribution < -0.4 is 10.1 Å². The number of carbonyl (C=O) groups excluding carboxylic acids is 2. The highest BCUT2D eigenvalue weighted by Crippen LogP contribution is 2.60. The second-order valence-corrected chi connectivity index (χ2v) is 8.52. The molecular formula is C22H29NO4. The SMILES string of the molecule is CCOC(=O)c1ccc(NC(=O)C23CC4CC(CC(C4)C2)C3)c(OCC)c1. The lowest BCUT2D eigenvalue weighted by Gasteiger charge is -2.55. The number of ether oxygens (including phenoxy) is 2. The summed E-state index contributed by atoms with van der Waals surface area (Å²) in [5.41, 5.74) is 0.872. The highest BCUT2D eigenvalue weighted by Gasteiger charge is 2.54. The van der Waals surface area contributed by atoms with Crippen LogP contribution in [0.2, 0.25) is 0 Å². The van der Waals surface area contributed by atoms with Crippen LogP contribution in [0.5, 0.6) is 5.75 Å². The molecule has 0 atom stereocenters. The molecule has 4 fully saturated rings. The van der Waals surface area contributed by atoms with Crippen molar-refractivity contribution in [1.29, 1.82) is 0 Å². The molecule has 27 heavy (non-hydrogen) atoms. The fraction of sp³-hybridized carbons (Fsp3) is 0.636. The van der Waals surface area contributed by atoms with Gasteiger partial charge in [-0.2, -0.15) is 0 Å². The van der Waals surface area contributed by atoms with Crippen molar-refractivity contribution < 1.29 is 19.1 Å². The van der Waals surface area contributed by atoms with Gasteiger partial charge in [0.15, 0.2) is 0 Å². The molecule has 0 aromatic heterocycles. The standard InChI is InChI=1S/C22H29NO4/c1-3-26-19-10-17(20(24)27-4-2)5-6-18(19)23-21(25)22-11-14-7-15(12-22)9-16(8-14)13-22/h5-6,10,14-16H,3-4,7-9,11-13H2,1-2H3,(H,23,25). The maximum Gasteiger partial charge on any atom is 0.338 e. The minimum Gasteiger partial charge on any atom is -0.492 e. The minimum absolute atomic E-state index is 0.131. The van der Waals surface area contributed by atoms with E-state index in [9.17, 15) is 9.59 Å². The highest BCUT2D eigenvalue weighted by molar-refractivity contribution is 5.98. The molecule has 1 aromatic carbocycles. The zero-order valence-corrected chi connectivity index (χ0v) is 16.3. The molecule has 1 aromatic rings. The van der Waals surface area contributed by atoms with Crippen molar-refractivity contribution in [2.24, 2.45) is 23.2 Å². The number of nitrogens with one attached hydrogen (secondary N) is 1. The van der Waals surface area contributed by atoms with Crippen molar-refractivity contribution >= 4 is 17.6 Å². The third-order valence-electron chi connectivity index (χ3n) is 6.56. The zero-order valence-electron chi connectivity index (χ0n) is 16.3. The summed E-state index contributed by atoms with van der Waals surface area (Å²) < 4.78 is 10.8. The Morgan fingerprint density at radius 1 is 1.04 bits per heavy atom. The quantitative estimate of drug-likeness (QED) is 0.752. The van der Waals surface area contributed by atoms with Crippen molar-refractivity contribution in [1.82, 2.24) is 0 Å². The van der Waals surface area contributed by atoms with E-state index in [2.05, 4.69) is 5.32 Å². The number of anilines is 1. The van der Waals surface area contributed by atoms with E-state index >= 15 is 0 Å². The van der Waals surface area contributed by atoms with Gasteiger partial charge >= 0.3 is 5.97 Å². The van der Waals surface area contributed by atoms with E-state index in [0.717, 1.165) is 37.0 Å². The van der Waals surface area contributed by atoms with Crippen molar-refractivity contribution in [3.05, 3.63) is 23.8 Å². The molecule has 4 bridgehead atoms.